The average molecular weight is 232 g/mol. The summed E-state index contributed by atoms with van der Waals surface area (Å²) in [4.78, 5) is 10.7. The second-order valence-corrected chi connectivity index (χ2v) is 3.11. The van der Waals surface area contributed by atoms with Gasteiger partial charge in [-0.3, -0.25) is 0 Å². The van der Waals surface area contributed by atoms with E-state index >= 15 is 0 Å². The van der Waals surface area contributed by atoms with Gasteiger partial charge in [0.05, 0.1) is 6.33 Å². The van der Waals surface area contributed by atoms with E-state index in [4.69, 9.17) is 0 Å². The topological polar surface area (TPSA) is 60.4 Å². The minimum absolute atomic E-state index is 0.0448. The van der Waals surface area contributed by atoms with E-state index in [-0.39, 0.29) is 18.3 Å². The van der Waals surface area contributed by atoms with Crippen LogP contribution < -0.4 is 0 Å². The summed E-state index contributed by atoms with van der Waals surface area (Å²) < 4.78 is 37.9. The molecule has 0 saturated carbocycles. The molecule has 15 heavy (non-hydrogen) atoms. The minimum Gasteiger partial charge on any atom is -0.406 e. The largest absolute Gasteiger partial charge is 0.406 e. The Bertz CT molecular complexity index is 423. The van der Waals surface area contributed by atoms with Gasteiger partial charge in [-0.1, -0.05) is 12.7 Å². The van der Waals surface area contributed by atoms with Crippen LogP contribution in [-0.2, 0) is 19.8 Å². The number of ether oxygens (including phenoxy) is 1. The van der Waals surface area contributed by atoms with Gasteiger partial charge in [0.2, 0.25) is 0 Å². The minimum atomic E-state index is -2.84. The summed E-state index contributed by atoms with van der Waals surface area (Å²) in [5.41, 5.74) is -0.284. The third-order valence-electron chi connectivity index (χ3n) is 1.27. The first-order valence-corrected chi connectivity index (χ1v) is 4.85. The van der Waals surface area contributed by atoms with Crippen LogP contribution >= 0.6 is 0 Å². The lowest BCUT2D eigenvalue weighted by molar-refractivity contribution is -0.129. The van der Waals surface area contributed by atoms with E-state index < -0.39 is 21.3 Å². The molecule has 0 atom stereocenters. The van der Waals surface area contributed by atoms with E-state index in [0.717, 1.165) is 6.08 Å². The average Bonchev–Trinajstić information content (AvgIpc) is 2.22. The molecule has 82 valence electrons. The van der Waals surface area contributed by atoms with Crippen molar-refractivity contribution in [2.45, 2.75) is 6.42 Å². The fourth-order valence-corrected chi connectivity index (χ4v) is 1.16. The second-order valence-electron chi connectivity index (χ2n) is 2.27. The Morgan fingerprint density at radius 1 is 1.40 bits per heavy atom. The van der Waals surface area contributed by atoms with E-state index in [1.807, 2.05) is 0 Å². The van der Waals surface area contributed by atoms with Crippen molar-refractivity contribution in [1.29, 1.82) is 0 Å². The van der Waals surface area contributed by atoms with Crippen LogP contribution in [0.25, 0.3) is 0 Å². The molecule has 0 aliphatic carbocycles. The van der Waals surface area contributed by atoms with Crippen LogP contribution in [0.2, 0.25) is 0 Å². The molecule has 0 aliphatic rings. The molecule has 0 fully saturated rings. The Labute approximate surface area is 87.9 Å². The van der Waals surface area contributed by atoms with Gasteiger partial charge in [0.25, 0.3) is 15.3 Å². The van der Waals surface area contributed by atoms with Crippen molar-refractivity contribution in [3.05, 3.63) is 37.2 Å². The number of carbonyl (C=O) groups is 1. The molecule has 0 amide bonds. The van der Waals surface area contributed by atoms with Crippen molar-refractivity contribution in [3.63, 3.8) is 0 Å². The summed E-state index contributed by atoms with van der Waals surface area (Å²) in [7, 11) is -2.84. The van der Waals surface area contributed by atoms with Crippen LogP contribution in [0.4, 0.5) is 4.39 Å². The van der Waals surface area contributed by atoms with Crippen LogP contribution in [0.5, 0.6) is 0 Å². The fraction of sp³-hybridized carbons (Fsp3) is 0.111. The van der Waals surface area contributed by atoms with Crippen LogP contribution in [-0.4, -0.2) is 19.4 Å². The maximum atomic E-state index is 12.3. The normalized spacial score (nSPS) is 10.3. The Kier molecular flexibility index (Phi) is 5.96. The van der Waals surface area contributed by atoms with Crippen molar-refractivity contribution >= 4 is 21.3 Å². The van der Waals surface area contributed by atoms with Crippen molar-refractivity contribution in [2.24, 2.45) is 0 Å². The van der Waals surface area contributed by atoms with Crippen LogP contribution in [0, 0.1) is 0 Å². The van der Waals surface area contributed by atoms with Crippen molar-refractivity contribution < 1.29 is 22.3 Å². The van der Waals surface area contributed by atoms with Crippen molar-refractivity contribution in [2.75, 3.05) is 0 Å². The molecule has 6 heteroatoms. The number of halogens is 1. The molecule has 0 unspecified atom stereocenters. The lowest BCUT2D eigenvalue weighted by atomic mass is 10.2. The van der Waals surface area contributed by atoms with E-state index in [9.17, 15) is 17.6 Å². The summed E-state index contributed by atoms with van der Waals surface area (Å²) in [6.07, 6.45) is 2.03. The molecule has 0 N–H and O–H groups in total. The van der Waals surface area contributed by atoms with Gasteiger partial charge >= 0.3 is 5.97 Å². The zero-order chi connectivity index (χ0) is 11.8. The van der Waals surface area contributed by atoms with E-state index in [0.29, 0.717) is 0 Å². The third kappa shape index (κ3) is 4.37. The molecule has 0 spiro atoms. The number of rotatable bonds is 4. The molecule has 0 aromatic carbocycles. The predicted molar refractivity (Wildman–Crippen MR) is 54.2 cm³/mol. The van der Waals surface area contributed by atoms with Gasteiger partial charge < -0.3 is 4.74 Å². The summed E-state index contributed by atoms with van der Waals surface area (Å²) in [6.45, 7) is 6.39. The Hall–Kier alpha value is -1.69. The van der Waals surface area contributed by atoms with Gasteiger partial charge in [-0.2, -0.15) is 8.42 Å². The molecule has 0 heterocycles. The van der Waals surface area contributed by atoms with Crippen LogP contribution in [0.3, 0.4) is 0 Å². The quantitative estimate of drug-likeness (QED) is 0.316. The first-order valence-electron chi connectivity index (χ1n) is 3.77. The molecule has 0 aromatic rings. The van der Waals surface area contributed by atoms with Gasteiger partial charge in [0, 0.05) is 11.6 Å². The zero-order valence-corrected chi connectivity index (χ0v) is 8.59. The van der Waals surface area contributed by atoms with E-state index in [1.165, 1.54) is 6.08 Å². The summed E-state index contributed by atoms with van der Waals surface area (Å²) >= 11 is 0. The molecule has 0 radical (unpaired) electrons. The molecule has 0 bridgehead atoms. The van der Waals surface area contributed by atoms with Gasteiger partial charge in [-0.15, -0.1) is 6.58 Å². The Morgan fingerprint density at radius 2 is 2.00 bits per heavy atom. The highest BCUT2D eigenvalue weighted by Crippen LogP contribution is 2.06. The summed E-state index contributed by atoms with van der Waals surface area (Å²) in [5.74, 6) is -0.974. The summed E-state index contributed by atoms with van der Waals surface area (Å²) in [5, 5.41) is -0.762. The lowest BCUT2D eigenvalue weighted by Gasteiger charge is -2.02. The number of allylic oxidation sites excluding steroid dienone is 1. The molecular formula is C9H9FO4S. The number of hydrogen-bond acceptors (Lipinski definition) is 4. The maximum absolute atomic E-state index is 12.3. The number of esters is 1. The fourth-order valence-electron chi connectivity index (χ4n) is 0.668. The van der Waals surface area contributed by atoms with E-state index in [1.54, 1.807) is 0 Å². The van der Waals surface area contributed by atoms with Gasteiger partial charge in [0.1, 0.15) is 0 Å². The molecule has 0 rings (SSSR count). The Balaban J connectivity index is 5.18. The lowest BCUT2D eigenvalue weighted by Crippen LogP contribution is -2.13. The van der Waals surface area contributed by atoms with Gasteiger partial charge in [-0.05, 0) is 6.42 Å². The van der Waals surface area contributed by atoms with E-state index in [2.05, 4.69) is 17.9 Å². The molecule has 4 nitrogen and oxygen atoms in total. The number of carbonyl (C=O) groups excluding carboxylic acids is 1. The maximum Gasteiger partial charge on any atom is 0.336 e. The monoisotopic (exact) mass is 232 g/mol. The first kappa shape index (κ1) is 13.3. The third-order valence-corrected chi connectivity index (χ3v) is 1.92. The summed E-state index contributed by atoms with van der Waals surface area (Å²) in [6, 6.07) is 0. The molecule has 0 saturated heterocycles. The Morgan fingerprint density at radius 3 is 2.33 bits per heavy atom. The van der Waals surface area contributed by atoms with Gasteiger partial charge in [-0.25, -0.2) is 9.18 Å². The van der Waals surface area contributed by atoms with Gasteiger partial charge in [0.15, 0.2) is 0 Å². The standard InChI is InChI=1S/C9H9FO4S/c1-3-5-7(6-10)9(15(12)13)14-8(11)4-2/h3-4,6H,1-2,5H2. The molecular weight excluding hydrogens is 223 g/mol. The van der Waals surface area contributed by atoms with Crippen LogP contribution in [0.15, 0.2) is 37.2 Å². The number of hydrogen-bond donors (Lipinski definition) is 0. The molecule has 0 aliphatic heterocycles. The highest BCUT2D eigenvalue weighted by molar-refractivity contribution is 7.73. The first-order chi connectivity index (χ1) is 7.06. The highest BCUT2D eigenvalue weighted by atomic mass is 32.2. The van der Waals surface area contributed by atoms with Crippen molar-refractivity contribution in [3.8, 4) is 0 Å². The second kappa shape index (κ2) is 6.72. The highest BCUT2D eigenvalue weighted by Gasteiger charge is 2.13. The predicted octanol–water partition coefficient (Wildman–Crippen LogP) is 1.15. The van der Waals surface area contributed by atoms with Crippen LogP contribution in [0.1, 0.15) is 6.42 Å². The van der Waals surface area contributed by atoms with Crippen molar-refractivity contribution in [1.82, 2.24) is 0 Å². The SMILES string of the molecule is C=CCC(=CF)C(OC(=O)C=C)=S(=O)=O. The smallest absolute Gasteiger partial charge is 0.336 e. The zero-order valence-electron chi connectivity index (χ0n) is 7.77. The molecule has 0 aromatic heterocycles.